The summed E-state index contributed by atoms with van der Waals surface area (Å²) >= 11 is 0. The third kappa shape index (κ3) is 3.35. The third-order valence-corrected chi connectivity index (χ3v) is 2.33. The number of aryl methyl sites for hydroxylation is 1. The quantitative estimate of drug-likeness (QED) is 0.774. The molecule has 0 aromatic carbocycles. The molecule has 5 nitrogen and oxygen atoms in total. The topological polar surface area (TPSA) is 81.0 Å². The van der Waals surface area contributed by atoms with Crippen LogP contribution < -0.4 is 0 Å². The van der Waals surface area contributed by atoms with E-state index in [1.54, 1.807) is 13.0 Å². The lowest BCUT2D eigenvalue weighted by Crippen LogP contribution is -2.32. The van der Waals surface area contributed by atoms with Crippen LogP contribution in [0, 0.1) is 29.6 Å². The summed E-state index contributed by atoms with van der Waals surface area (Å²) in [4.78, 5) is 13.5. The Morgan fingerprint density at radius 1 is 1.35 bits per heavy atom. The Balaban J connectivity index is 2.76. The molecular formula is C12H13N3O2. The van der Waals surface area contributed by atoms with Crippen LogP contribution in [0.25, 0.3) is 0 Å². The maximum Gasteiger partial charge on any atom is 0.289 e. The van der Waals surface area contributed by atoms with E-state index in [4.69, 9.17) is 14.9 Å². The van der Waals surface area contributed by atoms with Crippen LogP contribution in [0.3, 0.4) is 0 Å². The van der Waals surface area contributed by atoms with E-state index in [-0.39, 0.29) is 24.5 Å². The molecule has 1 heterocycles. The van der Waals surface area contributed by atoms with Crippen LogP contribution >= 0.6 is 0 Å². The number of carbonyl (C=O) groups is 1. The number of amides is 1. The molecule has 1 aromatic rings. The first-order valence-corrected chi connectivity index (χ1v) is 5.28. The monoisotopic (exact) mass is 231 g/mol. The molecule has 0 N–H and O–H groups in total. The van der Waals surface area contributed by atoms with Gasteiger partial charge in [0.1, 0.15) is 0 Å². The Labute approximate surface area is 99.9 Å². The third-order valence-electron chi connectivity index (χ3n) is 2.33. The zero-order chi connectivity index (χ0) is 12.7. The highest BCUT2D eigenvalue weighted by Crippen LogP contribution is 2.12. The zero-order valence-corrected chi connectivity index (χ0v) is 9.64. The average molecular weight is 231 g/mol. The fourth-order valence-electron chi connectivity index (χ4n) is 1.42. The largest absolute Gasteiger partial charge is 0.459 e. The maximum atomic E-state index is 12.1. The van der Waals surface area contributed by atoms with Crippen molar-refractivity contribution in [3.8, 4) is 12.1 Å². The highest BCUT2D eigenvalue weighted by Gasteiger charge is 2.19. The Kier molecular flexibility index (Phi) is 4.77. The fourth-order valence-corrected chi connectivity index (χ4v) is 1.42. The first kappa shape index (κ1) is 12.8. The molecule has 0 aliphatic heterocycles. The van der Waals surface area contributed by atoms with Crippen molar-refractivity contribution in [3.63, 3.8) is 0 Å². The number of hydrogen-bond donors (Lipinski definition) is 0. The predicted octanol–water partition coefficient (Wildman–Crippen LogP) is 1.86. The normalized spacial score (nSPS) is 9.35. The van der Waals surface area contributed by atoms with Crippen molar-refractivity contribution >= 4 is 5.91 Å². The highest BCUT2D eigenvalue weighted by atomic mass is 16.3. The van der Waals surface area contributed by atoms with Crippen LogP contribution in [-0.2, 0) is 0 Å². The second kappa shape index (κ2) is 6.34. The van der Waals surface area contributed by atoms with E-state index < -0.39 is 0 Å². The summed E-state index contributed by atoms with van der Waals surface area (Å²) in [6.07, 6.45) is 1.95. The Morgan fingerprint density at radius 2 is 1.94 bits per heavy atom. The van der Waals surface area contributed by atoms with Gasteiger partial charge in [-0.15, -0.1) is 0 Å². The zero-order valence-electron chi connectivity index (χ0n) is 9.64. The minimum Gasteiger partial charge on any atom is -0.459 e. The Hall–Kier alpha value is -2.27. The molecule has 0 bridgehead atoms. The maximum absolute atomic E-state index is 12.1. The molecule has 88 valence electrons. The van der Waals surface area contributed by atoms with Crippen molar-refractivity contribution in [1.29, 1.82) is 10.5 Å². The second-order valence-electron chi connectivity index (χ2n) is 3.54. The molecule has 0 fully saturated rings. The molecular weight excluding hydrogens is 218 g/mol. The van der Waals surface area contributed by atoms with Gasteiger partial charge in [0.2, 0.25) is 0 Å². The van der Waals surface area contributed by atoms with Gasteiger partial charge in [0.25, 0.3) is 5.91 Å². The standard InChI is InChI=1S/C12H13N3O2/c1-10-4-9-17-11(10)12(16)15(7-2-5-13)8-3-6-14/h4,9H,2-3,7-8H2,1H3. The van der Waals surface area contributed by atoms with Crippen LogP contribution in [0.5, 0.6) is 0 Å². The smallest absolute Gasteiger partial charge is 0.289 e. The minimum atomic E-state index is -0.266. The van der Waals surface area contributed by atoms with Crippen molar-refractivity contribution in [1.82, 2.24) is 4.90 Å². The molecule has 0 atom stereocenters. The summed E-state index contributed by atoms with van der Waals surface area (Å²) in [5, 5.41) is 17.1. The van der Waals surface area contributed by atoms with Crippen LogP contribution in [-0.4, -0.2) is 23.9 Å². The summed E-state index contributed by atoms with van der Waals surface area (Å²) in [5.74, 6) is 0.0129. The van der Waals surface area contributed by atoms with E-state index in [2.05, 4.69) is 0 Å². The summed E-state index contributed by atoms with van der Waals surface area (Å²) in [7, 11) is 0. The Morgan fingerprint density at radius 3 is 2.35 bits per heavy atom. The van der Waals surface area contributed by atoms with Gasteiger partial charge in [-0.3, -0.25) is 4.79 Å². The van der Waals surface area contributed by atoms with E-state index >= 15 is 0 Å². The van der Waals surface area contributed by atoms with Gasteiger partial charge in [-0.25, -0.2) is 0 Å². The van der Waals surface area contributed by atoms with E-state index in [1.165, 1.54) is 11.2 Å². The average Bonchev–Trinajstić information content (AvgIpc) is 2.75. The highest BCUT2D eigenvalue weighted by molar-refractivity contribution is 5.92. The molecule has 1 rings (SSSR count). The molecule has 0 aliphatic rings. The Bertz CT molecular complexity index is 447. The summed E-state index contributed by atoms with van der Waals surface area (Å²) in [6.45, 7) is 2.41. The molecule has 0 saturated heterocycles. The summed E-state index contributed by atoms with van der Waals surface area (Å²) < 4.78 is 5.11. The molecule has 1 aromatic heterocycles. The van der Waals surface area contributed by atoms with Gasteiger partial charge in [-0.1, -0.05) is 0 Å². The van der Waals surface area contributed by atoms with Crippen LogP contribution in [0.15, 0.2) is 16.7 Å². The molecule has 1 amide bonds. The molecule has 0 radical (unpaired) electrons. The number of rotatable bonds is 5. The number of nitriles is 2. The summed E-state index contributed by atoms with van der Waals surface area (Å²) in [5.41, 5.74) is 0.758. The molecule has 0 aliphatic carbocycles. The number of nitrogens with zero attached hydrogens (tertiary/aromatic N) is 3. The lowest BCUT2D eigenvalue weighted by molar-refractivity contribution is 0.0729. The van der Waals surface area contributed by atoms with E-state index in [1.807, 2.05) is 12.1 Å². The van der Waals surface area contributed by atoms with Crippen molar-refractivity contribution in [2.24, 2.45) is 0 Å². The minimum absolute atomic E-state index is 0.247. The number of hydrogen-bond acceptors (Lipinski definition) is 4. The van der Waals surface area contributed by atoms with Crippen LogP contribution in [0.4, 0.5) is 0 Å². The van der Waals surface area contributed by atoms with E-state index in [0.29, 0.717) is 13.1 Å². The van der Waals surface area contributed by atoms with Crippen LogP contribution in [0.1, 0.15) is 29.0 Å². The molecule has 0 spiro atoms. The van der Waals surface area contributed by atoms with Crippen molar-refractivity contribution < 1.29 is 9.21 Å². The lowest BCUT2D eigenvalue weighted by Gasteiger charge is -2.19. The summed E-state index contributed by atoms with van der Waals surface area (Å²) in [6, 6.07) is 5.67. The van der Waals surface area contributed by atoms with Gasteiger partial charge in [0, 0.05) is 18.7 Å². The second-order valence-corrected chi connectivity index (χ2v) is 3.54. The number of carbonyl (C=O) groups excluding carboxylic acids is 1. The van der Waals surface area contributed by atoms with Crippen molar-refractivity contribution in [2.75, 3.05) is 13.1 Å². The fraction of sp³-hybridized carbons (Fsp3) is 0.417. The van der Waals surface area contributed by atoms with Gasteiger partial charge < -0.3 is 9.32 Å². The van der Waals surface area contributed by atoms with Crippen LogP contribution in [0.2, 0.25) is 0 Å². The van der Waals surface area contributed by atoms with Crippen molar-refractivity contribution in [3.05, 3.63) is 23.7 Å². The first-order chi connectivity index (χ1) is 8.20. The van der Waals surface area contributed by atoms with Crippen molar-refractivity contribution in [2.45, 2.75) is 19.8 Å². The van der Waals surface area contributed by atoms with Gasteiger partial charge in [-0.2, -0.15) is 10.5 Å². The van der Waals surface area contributed by atoms with E-state index in [0.717, 1.165) is 5.56 Å². The van der Waals surface area contributed by atoms with Gasteiger partial charge in [0.05, 0.1) is 31.2 Å². The predicted molar refractivity (Wildman–Crippen MR) is 59.8 cm³/mol. The molecule has 5 heteroatoms. The number of furan rings is 1. The molecule has 0 saturated carbocycles. The molecule has 0 unspecified atom stereocenters. The van der Waals surface area contributed by atoms with Gasteiger partial charge in [0.15, 0.2) is 5.76 Å². The van der Waals surface area contributed by atoms with Gasteiger partial charge in [-0.05, 0) is 13.0 Å². The lowest BCUT2D eigenvalue weighted by atomic mass is 10.2. The van der Waals surface area contributed by atoms with Gasteiger partial charge >= 0.3 is 0 Å². The van der Waals surface area contributed by atoms with E-state index in [9.17, 15) is 4.79 Å². The SMILES string of the molecule is Cc1ccoc1C(=O)N(CCC#N)CCC#N. The molecule has 17 heavy (non-hydrogen) atoms. The first-order valence-electron chi connectivity index (χ1n) is 5.28.